The third-order valence-corrected chi connectivity index (χ3v) is 5.21. The third kappa shape index (κ3) is 3.32. The van der Waals surface area contributed by atoms with Gasteiger partial charge in [-0.15, -0.1) is 0 Å². The van der Waals surface area contributed by atoms with Crippen molar-refractivity contribution in [3.05, 3.63) is 53.6 Å². The largest absolute Gasteiger partial charge is 0.497 e. The molecule has 1 unspecified atom stereocenters. The zero-order chi connectivity index (χ0) is 18.8. The number of hydrogen-bond donors (Lipinski definition) is 1. The second-order valence-corrected chi connectivity index (χ2v) is 6.66. The molecular weight excluding hydrogens is 346 g/mol. The molecular formula is C21H23NO5. The van der Waals surface area contributed by atoms with E-state index in [2.05, 4.69) is 5.32 Å². The maximum Gasteiger partial charge on any atom is 0.311 e. The Kier molecular flexibility index (Phi) is 4.90. The van der Waals surface area contributed by atoms with Crippen LogP contribution < -0.4 is 19.5 Å². The summed E-state index contributed by atoms with van der Waals surface area (Å²) >= 11 is 0. The van der Waals surface area contributed by atoms with Crippen molar-refractivity contribution in [2.24, 2.45) is 5.92 Å². The maximum absolute atomic E-state index is 12.8. The Balaban J connectivity index is 1.66. The van der Waals surface area contributed by atoms with Gasteiger partial charge in [0.1, 0.15) is 5.75 Å². The van der Waals surface area contributed by atoms with Gasteiger partial charge in [0.2, 0.25) is 6.79 Å². The number of benzene rings is 2. The summed E-state index contributed by atoms with van der Waals surface area (Å²) in [5.41, 5.74) is 2.08. The van der Waals surface area contributed by atoms with E-state index in [-0.39, 0.29) is 30.6 Å². The first-order chi connectivity index (χ1) is 13.2. The van der Waals surface area contributed by atoms with Crippen LogP contribution in [-0.2, 0) is 9.53 Å². The van der Waals surface area contributed by atoms with E-state index in [4.69, 9.17) is 18.9 Å². The normalized spacial score (nSPS) is 23.3. The fourth-order valence-corrected chi connectivity index (χ4v) is 3.88. The molecule has 4 rings (SSSR count). The van der Waals surface area contributed by atoms with Crippen molar-refractivity contribution in [3.8, 4) is 17.2 Å². The average molecular weight is 369 g/mol. The van der Waals surface area contributed by atoms with E-state index in [0.717, 1.165) is 28.4 Å². The lowest BCUT2D eigenvalue weighted by Crippen LogP contribution is -2.27. The van der Waals surface area contributed by atoms with Crippen LogP contribution in [0, 0.1) is 5.92 Å². The summed E-state index contributed by atoms with van der Waals surface area (Å²) in [5, 5.41) is 3.50. The lowest BCUT2D eigenvalue weighted by Gasteiger charge is -2.23. The molecule has 1 fully saturated rings. The first-order valence-electron chi connectivity index (χ1n) is 9.14. The van der Waals surface area contributed by atoms with Gasteiger partial charge in [-0.3, -0.25) is 4.79 Å². The van der Waals surface area contributed by atoms with Gasteiger partial charge in [0.05, 0.1) is 19.6 Å². The first kappa shape index (κ1) is 17.7. The monoisotopic (exact) mass is 369 g/mol. The van der Waals surface area contributed by atoms with Crippen LogP contribution in [0.3, 0.4) is 0 Å². The lowest BCUT2D eigenvalue weighted by atomic mass is 9.83. The van der Waals surface area contributed by atoms with E-state index in [1.54, 1.807) is 7.11 Å². The van der Waals surface area contributed by atoms with Gasteiger partial charge in [0.15, 0.2) is 11.5 Å². The molecule has 0 aliphatic carbocycles. The molecule has 2 aliphatic heterocycles. The standard InChI is InChI=1S/C21H23NO5/c1-3-25-21(23)19-16(14-6-9-17-18(10-14)27-12-26-17)11-22-20(19)13-4-7-15(24-2)8-5-13/h4-10,16,19-20,22H,3,11-12H2,1-2H3/t16-,19?,20-/m0/s1. The molecule has 0 saturated carbocycles. The van der Waals surface area contributed by atoms with Gasteiger partial charge in [-0.2, -0.15) is 0 Å². The van der Waals surface area contributed by atoms with Crippen molar-refractivity contribution in [2.75, 3.05) is 27.1 Å². The number of hydrogen-bond acceptors (Lipinski definition) is 6. The third-order valence-electron chi connectivity index (χ3n) is 5.21. The Labute approximate surface area is 158 Å². The minimum absolute atomic E-state index is 0.00866. The number of methoxy groups -OCH3 is 1. The Morgan fingerprint density at radius 1 is 1.11 bits per heavy atom. The van der Waals surface area contributed by atoms with E-state index in [1.165, 1.54) is 0 Å². The molecule has 142 valence electrons. The van der Waals surface area contributed by atoms with Crippen LogP contribution in [0.5, 0.6) is 17.2 Å². The van der Waals surface area contributed by atoms with Crippen LogP contribution in [0.2, 0.25) is 0 Å². The number of carbonyl (C=O) groups excluding carboxylic acids is 1. The zero-order valence-electron chi connectivity index (χ0n) is 15.4. The summed E-state index contributed by atoms with van der Waals surface area (Å²) in [5.74, 6) is 1.74. The molecule has 27 heavy (non-hydrogen) atoms. The van der Waals surface area contributed by atoms with Crippen molar-refractivity contribution in [2.45, 2.75) is 18.9 Å². The van der Waals surface area contributed by atoms with Gasteiger partial charge in [-0.05, 0) is 42.3 Å². The number of ether oxygens (including phenoxy) is 4. The molecule has 6 nitrogen and oxygen atoms in total. The van der Waals surface area contributed by atoms with E-state index in [0.29, 0.717) is 13.2 Å². The molecule has 2 heterocycles. The number of rotatable bonds is 5. The smallest absolute Gasteiger partial charge is 0.311 e. The highest BCUT2D eigenvalue weighted by atomic mass is 16.7. The van der Waals surface area contributed by atoms with Crippen LogP contribution in [0.25, 0.3) is 0 Å². The number of nitrogens with one attached hydrogen (secondary N) is 1. The predicted octanol–water partition coefficient (Wildman–Crippen LogP) is 3.03. The molecule has 2 aromatic carbocycles. The molecule has 0 bridgehead atoms. The highest BCUT2D eigenvalue weighted by Crippen LogP contribution is 2.43. The SMILES string of the molecule is CCOC(=O)C1[C@H](c2ccc3c(c2)OCO3)CN[C@H]1c1ccc(OC)cc1. The minimum Gasteiger partial charge on any atom is -0.497 e. The predicted molar refractivity (Wildman–Crippen MR) is 99.2 cm³/mol. The van der Waals surface area contributed by atoms with Crippen LogP contribution in [0.1, 0.15) is 30.0 Å². The molecule has 2 aliphatic rings. The molecule has 6 heteroatoms. The molecule has 0 amide bonds. The summed E-state index contributed by atoms with van der Waals surface area (Å²) in [6.07, 6.45) is 0. The Hall–Kier alpha value is -2.73. The molecule has 0 radical (unpaired) electrons. The summed E-state index contributed by atoms with van der Waals surface area (Å²) in [6.45, 7) is 3.11. The number of fused-ring (bicyclic) bond motifs is 1. The van der Waals surface area contributed by atoms with Crippen LogP contribution in [-0.4, -0.2) is 33.0 Å². The van der Waals surface area contributed by atoms with Crippen molar-refractivity contribution in [1.82, 2.24) is 5.32 Å². The molecule has 0 aromatic heterocycles. The summed E-state index contributed by atoms with van der Waals surface area (Å²) in [7, 11) is 1.64. The van der Waals surface area contributed by atoms with Gasteiger partial charge in [-0.1, -0.05) is 18.2 Å². The molecule has 2 aromatic rings. The Morgan fingerprint density at radius 3 is 2.59 bits per heavy atom. The lowest BCUT2D eigenvalue weighted by molar-refractivity contribution is -0.148. The fourth-order valence-electron chi connectivity index (χ4n) is 3.88. The van der Waals surface area contributed by atoms with Gasteiger partial charge in [0, 0.05) is 18.5 Å². The van der Waals surface area contributed by atoms with Crippen LogP contribution >= 0.6 is 0 Å². The summed E-state index contributed by atoms with van der Waals surface area (Å²) < 4.78 is 21.6. The number of esters is 1. The van der Waals surface area contributed by atoms with Crippen molar-refractivity contribution >= 4 is 5.97 Å². The average Bonchev–Trinajstić information content (AvgIpc) is 3.34. The summed E-state index contributed by atoms with van der Waals surface area (Å²) in [4.78, 5) is 12.8. The fraction of sp³-hybridized carbons (Fsp3) is 0.381. The first-order valence-corrected chi connectivity index (χ1v) is 9.14. The van der Waals surface area contributed by atoms with Crippen molar-refractivity contribution in [3.63, 3.8) is 0 Å². The molecule has 3 atom stereocenters. The van der Waals surface area contributed by atoms with Gasteiger partial charge >= 0.3 is 5.97 Å². The Morgan fingerprint density at radius 2 is 1.85 bits per heavy atom. The van der Waals surface area contributed by atoms with Crippen molar-refractivity contribution < 1.29 is 23.7 Å². The van der Waals surface area contributed by atoms with Gasteiger partial charge in [-0.25, -0.2) is 0 Å². The van der Waals surface area contributed by atoms with Crippen molar-refractivity contribution in [1.29, 1.82) is 0 Å². The quantitative estimate of drug-likeness (QED) is 0.818. The van der Waals surface area contributed by atoms with Crippen LogP contribution in [0.15, 0.2) is 42.5 Å². The van der Waals surface area contributed by atoms with E-state index in [9.17, 15) is 4.79 Å². The van der Waals surface area contributed by atoms with Crippen LogP contribution in [0.4, 0.5) is 0 Å². The topological polar surface area (TPSA) is 66.0 Å². The highest BCUT2D eigenvalue weighted by molar-refractivity contribution is 5.76. The zero-order valence-corrected chi connectivity index (χ0v) is 15.4. The second kappa shape index (κ2) is 7.48. The minimum atomic E-state index is -0.321. The Bertz CT molecular complexity index is 820. The molecule has 1 saturated heterocycles. The van der Waals surface area contributed by atoms with Gasteiger partial charge in [0.25, 0.3) is 0 Å². The molecule has 1 N–H and O–H groups in total. The maximum atomic E-state index is 12.8. The van der Waals surface area contributed by atoms with Gasteiger partial charge < -0.3 is 24.3 Å². The number of carbonyl (C=O) groups is 1. The highest BCUT2D eigenvalue weighted by Gasteiger charge is 2.43. The van der Waals surface area contributed by atoms with E-state index in [1.807, 2.05) is 49.4 Å². The summed E-state index contributed by atoms with van der Waals surface area (Å²) in [6, 6.07) is 13.6. The second-order valence-electron chi connectivity index (χ2n) is 6.66. The molecule has 0 spiro atoms. The van der Waals surface area contributed by atoms with E-state index >= 15 is 0 Å². The van der Waals surface area contributed by atoms with E-state index < -0.39 is 0 Å².